The van der Waals surface area contributed by atoms with E-state index in [4.69, 9.17) is 21.8 Å². The molecular weight excluding hydrogens is 538 g/mol. The smallest absolute Gasteiger partial charge is 0.410 e. The van der Waals surface area contributed by atoms with Crippen molar-refractivity contribution in [1.29, 1.82) is 5.41 Å². The number of carboxylic acid groups (broad SMARTS) is 1. The number of nitrogens with one attached hydrogen (secondary N) is 3. The summed E-state index contributed by atoms with van der Waals surface area (Å²) in [5, 5.41) is 23.5. The number of carbonyl (C=O) groups is 1. The average molecular weight is 580 g/mol. The van der Waals surface area contributed by atoms with E-state index in [1.54, 1.807) is 0 Å². The molecule has 0 aliphatic heterocycles. The molecule has 0 unspecified atom stereocenters. The van der Waals surface area contributed by atoms with Crippen LogP contribution in [0.5, 0.6) is 0 Å². The molecule has 0 bridgehead atoms. The van der Waals surface area contributed by atoms with Crippen LogP contribution in [0.4, 0.5) is 10.6 Å². The largest absolute Gasteiger partial charge is 0.465 e. The molecule has 224 valence electrons. The van der Waals surface area contributed by atoms with Gasteiger partial charge in [0.05, 0.1) is 0 Å². The van der Waals surface area contributed by atoms with Crippen molar-refractivity contribution in [2.45, 2.75) is 90.1 Å². The highest BCUT2D eigenvalue weighted by atomic mass is 16.4. The Morgan fingerprint density at radius 2 is 1.77 bits per heavy atom. The van der Waals surface area contributed by atoms with Gasteiger partial charge in [-0.2, -0.15) is 0 Å². The van der Waals surface area contributed by atoms with Crippen LogP contribution in [0, 0.1) is 35.5 Å². The van der Waals surface area contributed by atoms with E-state index < -0.39 is 6.09 Å². The highest BCUT2D eigenvalue weighted by Gasteiger charge is 2.30. The predicted molar refractivity (Wildman–Crippen MR) is 170 cm³/mol. The molecule has 43 heavy (non-hydrogen) atoms. The number of aromatic nitrogens is 4. The predicted octanol–water partition coefficient (Wildman–Crippen LogP) is 6.94. The van der Waals surface area contributed by atoms with E-state index in [2.05, 4.69) is 57.3 Å². The van der Waals surface area contributed by atoms with Crippen molar-refractivity contribution in [3.63, 3.8) is 0 Å². The van der Waals surface area contributed by atoms with Crippen molar-refractivity contribution in [1.82, 2.24) is 24.8 Å². The van der Waals surface area contributed by atoms with Gasteiger partial charge in [0.25, 0.3) is 0 Å². The van der Waals surface area contributed by atoms with Crippen LogP contribution < -0.4 is 10.6 Å². The molecule has 2 aromatic heterocycles. The zero-order valence-corrected chi connectivity index (χ0v) is 24.9. The lowest BCUT2D eigenvalue weighted by Crippen LogP contribution is -2.33. The van der Waals surface area contributed by atoms with Gasteiger partial charge in [0, 0.05) is 18.5 Å². The summed E-state index contributed by atoms with van der Waals surface area (Å²) in [4.78, 5) is 26.0. The molecular formula is C34H41N7O2. The highest BCUT2D eigenvalue weighted by molar-refractivity contribution is 6.03. The topological polar surface area (TPSA) is 129 Å². The third-order valence-corrected chi connectivity index (χ3v) is 9.66. The number of anilines is 1. The van der Waals surface area contributed by atoms with E-state index in [1.807, 2.05) is 6.07 Å². The Kier molecular flexibility index (Phi) is 8.46. The third kappa shape index (κ3) is 6.15. The first kappa shape index (κ1) is 28.9. The fraction of sp³-hybridized carbons (Fsp3) is 0.500. The van der Waals surface area contributed by atoms with E-state index in [0.29, 0.717) is 29.2 Å². The second kappa shape index (κ2) is 12.6. The molecule has 3 aromatic rings. The number of amides is 1. The Morgan fingerprint density at radius 3 is 2.42 bits per heavy atom. The molecule has 0 saturated heterocycles. The quantitative estimate of drug-likeness (QED) is 0.130. The molecule has 2 saturated carbocycles. The van der Waals surface area contributed by atoms with Gasteiger partial charge in [0.2, 0.25) is 0 Å². The van der Waals surface area contributed by atoms with E-state index in [0.717, 1.165) is 69.3 Å². The summed E-state index contributed by atoms with van der Waals surface area (Å²) in [7, 11) is 0. The maximum atomic E-state index is 11.4. The molecule has 6 rings (SSSR count). The standard InChI is InChI=1S/C34H41N7O2/c1-3-22-16-18-23(19-17-22)20-41-28-30(36-21(2)24-12-9-13-24)38-32(29(35)37-34(42)43)39-31(28)40-33(41)27-15-8-7-14-26(27)25-10-5-4-6-11-25/h1,4-6,10-11,21-24H,7-9,12-20H2,2H3,(H2,35,37)(H,42,43)(H,36,38,39)/t21-,22?,23?/m1/s1. The van der Waals surface area contributed by atoms with Crippen molar-refractivity contribution in [3.8, 4) is 12.3 Å². The van der Waals surface area contributed by atoms with E-state index in [1.165, 1.54) is 36.0 Å². The number of rotatable bonds is 8. The van der Waals surface area contributed by atoms with Crippen LogP contribution in [0.2, 0.25) is 0 Å². The van der Waals surface area contributed by atoms with Crippen LogP contribution in [0.15, 0.2) is 30.3 Å². The van der Waals surface area contributed by atoms with Gasteiger partial charge in [-0.05, 0) is 99.7 Å². The molecule has 3 aliphatic carbocycles. The average Bonchev–Trinajstić information content (AvgIpc) is 3.35. The van der Waals surface area contributed by atoms with Crippen molar-refractivity contribution < 1.29 is 9.90 Å². The number of imidazole rings is 1. The Bertz CT molecular complexity index is 1570. The first-order valence-electron chi connectivity index (χ1n) is 15.8. The molecule has 9 nitrogen and oxygen atoms in total. The maximum absolute atomic E-state index is 11.4. The molecule has 2 fully saturated rings. The van der Waals surface area contributed by atoms with Crippen LogP contribution in [0.3, 0.4) is 0 Å². The minimum absolute atomic E-state index is 0.0184. The number of hydrogen-bond acceptors (Lipinski definition) is 6. The van der Waals surface area contributed by atoms with Crippen LogP contribution in [-0.4, -0.2) is 42.6 Å². The molecule has 1 aromatic carbocycles. The monoisotopic (exact) mass is 579 g/mol. The summed E-state index contributed by atoms with van der Waals surface area (Å²) < 4.78 is 2.33. The summed E-state index contributed by atoms with van der Waals surface area (Å²) >= 11 is 0. The number of fused-ring (bicyclic) bond motifs is 1. The van der Waals surface area contributed by atoms with Crippen molar-refractivity contribution >= 4 is 40.1 Å². The summed E-state index contributed by atoms with van der Waals surface area (Å²) in [6.45, 7) is 2.97. The second-order valence-corrected chi connectivity index (χ2v) is 12.5. The Morgan fingerprint density at radius 1 is 1.05 bits per heavy atom. The van der Waals surface area contributed by atoms with E-state index in [-0.39, 0.29) is 17.7 Å². The molecule has 4 N–H and O–H groups in total. The second-order valence-electron chi connectivity index (χ2n) is 12.5. The molecule has 9 heteroatoms. The summed E-state index contributed by atoms with van der Waals surface area (Å²) in [5.74, 6) is 5.49. The van der Waals surface area contributed by atoms with Crippen molar-refractivity contribution in [2.24, 2.45) is 17.8 Å². The normalized spacial score (nSPS) is 21.6. The molecule has 2 heterocycles. The van der Waals surface area contributed by atoms with Crippen LogP contribution in [0.25, 0.3) is 22.3 Å². The van der Waals surface area contributed by atoms with Crippen LogP contribution >= 0.6 is 0 Å². The lowest BCUT2D eigenvalue weighted by atomic mass is 9.80. The minimum Gasteiger partial charge on any atom is -0.465 e. The highest BCUT2D eigenvalue weighted by Crippen LogP contribution is 2.41. The summed E-state index contributed by atoms with van der Waals surface area (Å²) in [6, 6.07) is 10.8. The van der Waals surface area contributed by atoms with E-state index >= 15 is 0 Å². The molecule has 1 amide bonds. The maximum Gasteiger partial charge on any atom is 0.410 e. The van der Waals surface area contributed by atoms with Gasteiger partial charge in [-0.25, -0.2) is 19.7 Å². The fourth-order valence-electron chi connectivity index (χ4n) is 6.97. The van der Waals surface area contributed by atoms with Gasteiger partial charge >= 0.3 is 6.09 Å². The van der Waals surface area contributed by atoms with Gasteiger partial charge in [-0.3, -0.25) is 10.7 Å². The number of terminal acetylenes is 1. The van der Waals surface area contributed by atoms with Gasteiger partial charge in [0.15, 0.2) is 23.1 Å². The van der Waals surface area contributed by atoms with Gasteiger partial charge < -0.3 is 15.0 Å². The van der Waals surface area contributed by atoms with Crippen molar-refractivity contribution in [3.05, 3.63) is 47.5 Å². The Balaban J connectivity index is 1.52. The molecule has 3 aliphatic rings. The zero-order chi connectivity index (χ0) is 29.9. The minimum atomic E-state index is -1.32. The number of amidine groups is 1. The van der Waals surface area contributed by atoms with Crippen LogP contribution in [-0.2, 0) is 6.54 Å². The number of benzene rings is 1. The van der Waals surface area contributed by atoms with Gasteiger partial charge in [-0.1, -0.05) is 36.8 Å². The third-order valence-electron chi connectivity index (χ3n) is 9.66. The van der Waals surface area contributed by atoms with E-state index in [9.17, 15) is 9.90 Å². The number of nitrogens with zero attached hydrogens (tertiary/aromatic N) is 4. The first-order valence-corrected chi connectivity index (χ1v) is 15.8. The number of hydrogen-bond donors (Lipinski definition) is 4. The zero-order valence-electron chi connectivity index (χ0n) is 24.9. The Hall–Kier alpha value is -4.19. The lowest BCUT2D eigenvalue weighted by Gasteiger charge is -2.32. The van der Waals surface area contributed by atoms with Gasteiger partial charge in [0.1, 0.15) is 11.3 Å². The number of allylic oxidation sites excluding steroid dienone is 2. The van der Waals surface area contributed by atoms with Crippen LogP contribution in [0.1, 0.15) is 94.8 Å². The summed E-state index contributed by atoms with van der Waals surface area (Å²) in [6.07, 6.45) is 16.3. The van der Waals surface area contributed by atoms with Gasteiger partial charge in [-0.15, -0.1) is 12.3 Å². The lowest BCUT2D eigenvalue weighted by molar-refractivity contribution is 0.200. The fourth-order valence-corrected chi connectivity index (χ4v) is 6.97. The molecule has 1 atom stereocenters. The molecule has 0 spiro atoms. The first-order chi connectivity index (χ1) is 20.9. The summed E-state index contributed by atoms with van der Waals surface area (Å²) in [5.41, 5.74) is 5.11. The molecule has 0 radical (unpaired) electrons. The van der Waals surface area contributed by atoms with Crippen molar-refractivity contribution in [2.75, 3.05) is 5.32 Å². The SMILES string of the molecule is C#CC1CCC(Cn2c(C3=C(c4ccccc4)CCCC3)nc3nc(C(=N)NC(=O)O)nc(N[C@H](C)C4CCC4)c32)CC1. The Labute approximate surface area is 253 Å².